The second-order valence-corrected chi connectivity index (χ2v) is 4.73. The van der Waals surface area contributed by atoms with Crippen molar-refractivity contribution in [2.45, 2.75) is 31.7 Å². The first-order chi connectivity index (χ1) is 10.3. The second-order valence-electron chi connectivity index (χ2n) is 4.73. The largest absolute Gasteiger partial charge is 0.480 e. The van der Waals surface area contributed by atoms with Crippen molar-refractivity contribution in [3.63, 3.8) is 0 Å². The number of carboxylic acid groups (broad SMARTS) is 1. The van der Waals surface area contributed by atoms with Gasteiger partial charge < -0.3 is 16.2 Å². The van der Waals surface area contributed by atoms with Gasteiger partial charge in [0, 0.05) is 6.42 Å². The zero-order chi connectivity index (χ0) is 16.7. The van der Waals surface area contributed by atoms with Crippen molar-refractivity contribution in [2.75, 3.05) is 0 Å². The van der Waals surface area contributed by atoms with Gasteiger partial charge in [-0.3, -0.25) is 9.59 Å². The number of hydrogen-bond acceptors (Lipinski definition) is 3. The zero-order valence-corrected chi connectivity index (χ0v) is 11.6. The molecule has 0 radical (unpaired) electrons. The molecular formula is C14H16F2N2O4. The van der Waals surface area contributed by atoms with Crippen LogP contribution in [-0.4, -0.2) is 28.9 Å². The Hall–Kier alpha value is -2.51. The van der Waals surface area contributed by atoms with Crippen LogP contribution in [0, 0.1) is 11.6 Å². The predicted molar refractivity (Wildman–Crippen MR) is 72.7 cm³/mol. The zero-order valence-electron chi connectivity index (χ0n) is 11.6. The van der Waals surface area contributed by atoms with Gasteiger partial charge in [0.1, 0.15) is 6.04 Å². The molecule has 0 saturated heterocycles. The van der Waals surface area contributed by atoms with Crippen LogP contribution in [0.4, 0.5) is 8.78 Å². The van der Waals surface area contributed by atoms with E-state index in [1.807, 2.05) is 0 Å². The lowest BCUT2D eigenvalue weighted by Crippen LogP contribution is -2.43. The third-order valence-corrected chi connectivity index (χ3v) is 2.89. The molecule has 1 rings (SSSR count). The Morgan fingerprint density at radius 2 is 1.91 bits per heavy atom. The lowest BCUT2D eigenvalue weighted by Gasteiger charge is -2.12. The molecule has 6 nitrogen and oxygen atoms in total. The smallest absolute Gasteiger partial charge is 0.326 e. The van der Waals surface area contributed by atoms with Crippen molar-refractivity contribution < 1.29 is 28.3 Å². The molecule has 8 heteroatoms. The number of aryl methyl sites for hydroxylation is 1. The molecule has 0 saturated carbocycles. The molecule has 1 atom stereocenters. The number of carbonyl (C=O) groups excluding carboxylic acids is 2. The van der Waals surface area contributed by atoms with E-state index in [4.69, 9.17) is 10.8 Å². The van der Waals surface area contributed by atoms with Gasteiger partial charge in [0.15, 0.2) is 11.6 Å². The minimum atomic E-state index is -1.37. The monoisotopic (exact) mass is 314 g/mol. The molecule has 120 valence electrons. The Morgan fingerprint density at radius 3 is 2.45 bits per heavy atom. The molecule has 1 unspecified atom stereocenters. The van der Waals surface area contributed by atoms with Crippen molar-refractivity contribution in [3.8, 4) is 0 Å². The summed E-state index contributed by atoms with van der Waals surface area (Å²) in [5, 5.41) is 11.0. The average Bonchev–Trinajstić information content (AvgIpc) is 2.41. The van der Waals surface area contributed by atoms with Gasteiger partial charge in [0.25, 0.3) is 0 Å². The Bertz CT molecular complexity index is 578. The van der Waals surface area contributed by atoms with Crippen molar-refractivity contribution in [2.24, 2.45) is 5.73 Å². The summed E-state index contributed by atoms with van der Waals surface area (Å²) in [5.41, 5.74) is 5.42. The van der Waals surface area contributed by atoms with Crippen molar-refractivity contribution in [1.29, 1.82) is 0 Å². The maximum Gasteiger partial charge on any atom is 0.326 e. The maximum absolute atomic E-state index is 13.0. The van der Waals surface area contributed by atoms with Crippen molar-refractivity contribution >= 4 is 17.8 Å². The Morgan fingerprint density at radius 1 is 1.23 bits per heavy atom. The fourth-order valence-corrected chi connectivity index (χ4v) is 1.82. The van der Waals surface area contributed by atoms with E-state index in [-0.39, 0.29) is 6.42 Å². The van der Waals surface area contributed by atoms with Gasteiger partial charge in [-0.05, 0) is 30.5 Å². The van der Waals surface area contributed by atoms with Crippen molar-refractivity contribution in [1.82, 2.24) is 5.32 Å². The molecule has 2 amide bonds. The van der Waals surface area contributed by atoms with E-state index in [0.29, 0.717) is 18.4 Å². The molecule has 0 bridgehead atoms. The van der Waals surface area contributed by atoms with Crippen LogP contribution in [0.1, 0.15) is 24.8 Å². The summed E-state index contributed by atoms with van der Waals surface area (Å²) >= 11 is 0. The van der Waals surface area contributed by atoms with Gasteiger partial charge in [-0.25, -0.2) is 13.6 Å². The van der Waals surface area contributed by atoms with Crippen LogP contribution in [-0.2, 0) is 20.8 Å². The van der Waals surface area contributed by atoms with Crippen LogP contribution in [0.15, 0.2) is 18.2 Å². The number of benzene rings is 1. The number of hydrogen-bond donors (Lipinski definition) is 3. The first-order valence-corrected chi connectivity index (χ1v) is 6.54. The third-order valence-electron chi connectivity index (χ3n) is 2.89. The summed E-state index contributed by atoms with van der Waals surface area (Å²) in [6.07, 6.45) is 0.143. The number of halogens is 2. The molecule has 0 fully saturated rings. The topological polar surface area (TPSA) is 109 Å². The fraction of sp³-hybridized carbons (Fsp3) is 0.357. The normalized spacial score (nSPS) is 11.7. The SMILES string of the molecule is NC(=O)CC(NC(=O)CCCc1ccc(F)c(F)c1)C(=O)O. The highest BCUT2D eigenvalue weighted by Gasteiger charge is 2.21. The first-order valence-electron chi connectivity index (χ1n) is 6.54. The van der Waals surface area contributed by atoms with Gasteiger partial charge in [0.2, 0.25) is 11.8 Å². The van der Waals surface area contributed by atoms with E-state index in [2.05, 4.69) is 5.32 Å². The second kappa shape index (κ2) is 8.06. The van der Waals surface area contributed by atoms with Crippen LogP contribution in [0.2, 0.25) is 0 Å². The average molecular weight is 314 g/mol. The molecule has 1 aromatic carbocycles. The Kier molecular flexibility index (Phi) is 6.43. The van der Waals surface area contributed by atoms with E-state index in [0.717, 1.165) is 12.1 Å². The molecule has 4 N–H and O–H groups in total. The number of amides is 2. The van der Waals surface area contributed by atoms with Crippen molar-refractivity contribution in [3.05, 3.63) is 35.4 Å². The summed E-state index contributed by atoms with van der Waals surface area (Å²) in [5.74, 6) is -4.66. The fourth-order valence-electron chi connectivity index (χ4n) is 1.82. The molecule has 0 aliphatic heterocycles. The molecule has 1 aromatic rings. The standard InChI is InChI=1S/C14H16F2N2O4/c15-9-5-4-8(6-10(9)16)2-1-3-13(20)18-11(14(21)22)7-12(17)19/h4-6,11H,1-3,7H2,(H2,17,19)(H,18,20)(H,21,22). The van der Waals surface area contributed by atoms with Crippen LogP contribution in [0.25, 0.3) is 0 Å². The third kappa shape index (κ3) is 5.86. The van der Waals surface area contributed by atoms with Crippen LogP contribution in [0.3, 0.4) is 0 Å². The number of nitrogens with two attached hydrogens (primary N) is 1. The Balaban J connectivity index is 2.43. The van der Waals surface area contributed by atoms with E-state index in [1.165, 1.54) is 6.07 Å². The number of rotatable bonds is 8. The highest BCUT2D eigenvalue weighted by molar-refractivity contribution is 5.88. The lowest BCUT2D eigenvalue weighted by atomic mass is 10.1. The molecule has 0 aromatic heterocycles. The van der Waals surface area contributed by atoms with Crippen LogP contribution >= 0.6 is 0 Å². The lowest BCUT2D eigenvalue weighted by molar-refractivity contribution is -0.143. The van der Waals surface area contributed by atoms with Gasteiger partial charge in [-0.2, -0.15) is 0 Å². The number of primary amides is 1. The van der Waals surface area contributed by atoms with Crippen LogP contribution in [0.5, 0.6) is 0 Å². The highest BCUT2D eigenvalue weighted by Crippen LogP contribution is 2.11. The number of nitrogens with one attached hydrogen (secondary N) is 1. The summed E-state index contributed by atoms with van der Waals surface area (Å²) < 4.78 is 25.7. The van der Waals surface area contributed by atoms with E-state index in [9.17, 15) is 23.2 Å². The number of carboxylic acids is 1. The molecular weight excluding hydrogens is 298 g/mol. The van der Waals surface area contributed by atoms with Gasteiger partial charge in [-0.15, -0.1) is 0 Å². The summed E-state index contributed by atoms with van der Waals surface area (Å²) in [4.78, 5) is 33.1. The van der Waals surface area contributed by atoms with Crippen LogP contribution < -0.4 is 11.1 Å². The maximum atomic E-state index is 13.0. The van der Waals surface area contributed by atoms with Gasteiger partial charge in [0.05, 0.1) is 6.42 Å². The summed E-state index contributed by atoms with van der Waals surface area (Å²) in [7, 11) is 0. The van der Waals surface area contributed by atoms with E-state index in [1.54, 1.807) is 0 Å². The molecule has 0 aliphatic carbocycles. The van der Waals surface area contributed by atoms with Gasteiger partial charge in [-0.1, -0.05) is 6.07 Å². The quantitative estimate of drug-likeness (QED) is 0.657. The molecule has 22 heavy (non-hydrogen) atoms. The Labute approximate surface area is 125 Å². The highest BCUT2D eigenvalue weighted by atomic mass is 19.2. The molecule has 0 spiro atoms. The van der Waals surface area contributed by atoms with E-state index < -0.39 is 41.9 Å². The minimum Gasteiger partial charge on any atom is -0.480 e. The first kappa shape index (κ1) is 17.5. The number of carbonyl (C=O) groups is 3. The summed E-state index contributed by atoms with van der Waals surface area (Å²) in [6, 6.07) is 2.08. The minimum absolute atomic E-state index is 0.0124. The van der Waals surface area contributed by atoms with E-state index >= 15 is 0 Å². The number of aliphatic carboxylic acids is 1. The molecule has 0 heterocycles. The summed E-state index contributed by atoms with van der Waals surface area (Å²) in [6.45, 7) is 0. The predicted octanol–water partition coefficient (Wildman–Crippen LogP) is 0.732. The molecule has 0 aliphatic rings. The van der Waals surface area contributed by atoms with Gasteiger partial charge >= 0.3 is 5.97 Å².